The van der Waals surface area contributed by atoms with E-state index >= 15 is 0 Å². The number of carbonyl (C=O) groups excluding carboxylic acids is 1. The van der Waals surface area contributed by atoms with Gasteiger partial charge in [-0.15, -0.1) is 0 Å². The van der Waals surface area contributed by atoms with Crippen LogP contribution in [0.2, 0.25) is 0 Å². The first-order chi connectivity index (χ1) is 16.9. The molecule has 2 aromatic carbocycles. The third kappa shape index (κ3) is 4.38. The first kappa shape index (κ1) is 22.7. The van der Waals surface area contributed by atoms with E-state index in [1.54, 1.807) is 16.7 Å². The zero-order valence-corrected chi connectivity index (χ0v) is 19.5. The molecule has 5 rings (SSSR count). The number of amides is 1. The number of carbonyl (C=O) groups is 1. The highest BCUT2D eigenvalue weighted by molar-refractivity contribution is 7.72. The largest absolute Gasteiger partial charge is 0.324 e. The Bertz CT molecular complexity index is 1590. The molecule has 1 aliphatic carbocycles. The number of nitrogens with zero attached hydrogens (tertiary/aromatic N) is 3. The summed E-state index contributed by atoms with van der Waals surface area (Å²) in [6, 6.07) is 12.2. The Morgan fingerprint density at radius 1 is 1.09 bits per heavy atom. The number of thiol groups is 1. The molecule has 2 heterocycles. The lowest BCUT2D eigenvalue weighted by atomic mass is 10.1. The summed E-state index contributed by atoms with van der Waals surface area (Å²) in [7, 11) is -1.38. The first-order valence-electron chi connectivity index (χ1n) is 10.8. The minimum Gasteiger partial charge on any atom is -0.324 e. The van der Waals surface area contributed by atoms with Gasteiger partial charge in [0.2, 0.25) is 11.4 Å². The molecule has 0 saturated heterocycles. The summed E-state index contributed by atoms with van der Waals surface area (Å²) in [6.45, 7) is 0. The molecule has 1 amide bonds. The van der Waals surface area contributed by atoms with Crippen LogP contribution >= 0.6 is 0 Å². The van der Waals surface area contributed by atoms with Crippen molar-refractivity contribution in [3.05, 3.63) is 81.8 Å². The summed E-state index contributed by atoms with van der Waals surface area (Å²) in [6.07, 6.45) is 5.89. The van der Waals surface area contributed by atoms with Crippen molar-refractivity contribution in [2.75, 3.05) is 12.4 Å². The van der Waals surface area contributed by atoms with Crippen molar-refractivity contribution in [3.8, 4) is 5.69 Å². The number of aromatic nitrogens is 3. The van der Waals surface area contributed by atoms with Crippen molar-refractivity contribution in [3.63, 3.8) is 0 Å². The van der Waals surface area contributed by atoms with Gasteiger partial charge in [-0.05, 0) is 66.8 Å². The van der Waals surface area contributed by atoms with E-state index in [4.69, 9.17) is 4.84 Å². The molecule has 0 radical (unpaired) electrons. The number of hydroxylamine groups is 1. The zero-order chi connectivity index (χ0) is 24.5. The molecule has 1 aliphatic rings. The summed E-state index contributed by atoms with van der Waals surface area (Å²) in [5.74, 6) is -0.464. The highest BCUT2D eigenvalue weighted by Gasteiger charge is 2.19. The molecule has 11 heteroatoms. The normalized spacial score (nSPS) is 12.6. The lowest BCUT2D eigenvalue weighted by molar-refractivity contribution is 0.0536. The van der Waals surface area contributed by atoms with Gasteiger partial charge in [0.25, 0.3) is 5.91 Å². The second-order valence-corrected chi connectivity index (χ2v) is 9.07. The molecule has 4 aromatic rings. The Morgan fingerprint density at radius 2 is 1.86 bits per heavy atom. The summed E-state index contributed by atoms with van der Waals surface area (Å²) < 4.78 is 24.0. The fourth-order valence-electron chi connectivity index (χ4n) is 4.18. The molecule has 0 bridgehead atoms. The van der Waals surface area contributed by atoms with Gasteiger partial charge in [-0.25, -0.2) is 18.9 Å². The summed E-state index contributed by atoms with van der Waals surface area (Å²) in [5.41, 5.74) is 5.73. The Morgan fingerprint density at radius 3 is 2.60 bits per heavy atom. The molecule has 0 fully saturated rings. The van der Waals surface area contributed by atoms with Crippen LogP contribution in [0.1, 0.15) is 27.9 Å². The molecular formula is C24H21N5O5S. The van der Waals surface area contributed by atoms with E-state index in [0.717, 1.165) is 24.9 Å². The number of anilines is 2. The van der Waals surface area contributed by atoms with Gasteiger partial charge in [-0.3, -0.25) is 14.4 Å². The van der Waals surface area contributed by atoms with Gasteiger partial charge in [0.05, 0.1) is 17.4 Å². The van der Waals surface area contributed by atoms with Crippen molar-refractivity contribution in [1.29, 1.82) is 0 Å². The average Bonchev–Trinajstić information content (AvgIpc) is 3.33. The third-order valence-electron chi connectivity index (χ3n) is 5.88. The van der Waals surface area contributed by atoms with Crippen LogP contribution in [0.25, 0.3) is 16.7 Å². The van der Waals surface area contributed by atoms with Gasteiger partial charge in [0, 0.05) is 23.8 Å². The molecule has 2 aromatic heterocycles. The molecular weight excluding hydrogens is 470 g/mol. The quantitative estimate of drug-likeness (QED) is 0.276. The van der Waals surface area contributed by atoms with Crippen LogP contribution < -0.4 is 16.2 Å². The lowest BCUT2D eigenvalue weighted by Crippen LogP contribution is -2.29. The Hall–Kier alpha value is -4.09. The van der Waals surface area contributed by atoms with Gasteiger partial charge >= 0.3 is 0 Å². The van der Waals surface area contributed by atoms with Gasteiger partial charge < -0.3 is 9.88 Å². The SMILES string of the molecule is CONC(=O)c1cn(-c2ccc3c(c2)CCC3)c2nc(Nc3ccc([SH](=O)=O)cc3)ncc2c1=O. The fraction of sp³-hybridized carbons (Fsp3) is 0.167. The van der Waals surface area contributed by atoms with E-state index in [-0.39, 0.29) is 21.8 Å². The molecule has 2 N–H and O–H groups in total. The number of fused-ring (bicyclic) bond motifs is 2. The van der Waals surface area contributed by atoms with E-state index < -0.39 is 22.0 Å². The van der Waals surface area contributed by atoms with Crippen molar-refractivity contribution < 1.29 is 18.0 Å². The van der Waals surface area contributed by atoms with Crippen LogP contribution in [0.3, 0.4) is 0 Å². The predicted molar refractivity (Wildman–Crippen MR) is 130 cm³/mol. The molecule has 10 nitrogen and oxygen atoms in total. The van der Waals surface area contributed by atoms with Crippen LogP contribution in [0.4, 0.5) is 11.6 Å². The van der Waals surface area contributed by atoms with E-state index in [0.29, 0.717) is 11.3 Å². The monoisotopic (exact) mass is 491 g/mol. The molecule has 178 valence electrons. The summed E-state index contributed by atoms with van der Waals surface area (Å²) in [4.78, 5) is 39.3. The van der Waals surface area contributed by atoms with Crippen LogP contribution in [0, 0.1) is 0 Å². The highest BCUT2D eigenvalue weighted by Crippen LogP contribution is 2.26. The van der Waals surface area contributed by atoms with Crippen LogP contribution in [0.15, 0.2) is 64.5 Å². The maximum Gasteiger partial charge on any atom is 0.280 e. The average molecular weight is 492 g/mol. The summed E-state index contributed by atoms with van der Waals surface area (Å²) in [5, 5.41) is 3.19. The van der Waals surface area contributed by atoms with E-state index in [1.165, 1.54) is 42.8 Å². The van der Waals surface area contributed by atoms with Gasteiger partial charge in [-0.1, -0.05) is 6.07 Å². The number of nitrogens with one attached hydrogen (secondary N) is 2. The number of benzene rings is 2. The van der Waals surface area contributed by atoms with Gasteiger partial charge in [-0.2, -0.15) is 4.98 Å². The fourth-order valence-corrected chi connectivity index (χ4v) is 4.57. The van der Waals surface area contributed by atoms with Crippen molar-refractivity contribution in [2.24, 2.45) is 0 Å². The maximum absolute atomic E-state index is 13.1. The number of hydrogen-bond donors (Lipinski definition) is 3. The van der Waals surface area contributed by atoms with Crippen molar-refractivity contribution in [2.45, 2.75) is 24.2 Å². The standard InChI is InChI=1S/C24H21N5O5S/c1-34-28-23(31)20-13-29(17-8-5-14-3-2-4-15(14)11-17)22-19(21(20)30)12-25-24(27-22)26-16-6-9-18(10-7-16)35(32)33/h5-13,35H,2-4H2,1H3,(H,28,31)(H,25,26,27). The van der Waals surface area contributed by atoms with Gasteiger partial charge in [0.15, 0.2) is 16.4 Å². The second kappa shape index (κ2) is 9.28. The number of rotatable bonds is 6. The number of aryl methyl sites for hydroxylation is 2. The smallest absolute Gasteiger partial charge is 0.280 e. The Labute approximate surface area is 201 Å². The minimum atomic E-state index is -2.68. The molecule has 0 saturated carbocycles. The topological polar surface area (TPSA) is 132 Å². The van der Waals surface area contributed by atoms with Crippen molar-refractivity contribution in [1.82, 2.24) is 20.0 Å². The second-order valence-electron chi connectivity index (χ2n) is 8.04. The lowest BCUT2D eigenvalue weighted by Gasteiger charge is -2.15. The maximum atomic E-state index is 13.1. The predicted octanol–water partition coefficient (Wildman–Crippen LogP) is 2.27. The third-order valence-corrected chi connectivity index (χ3v) is 6.60. The Kier molecular flexibility index (Phi) is 6.01. The minimum absolute atomic E-state index is 0.105. The molecule has 0 atom stereocenters. The van der Waals surface area contributed by atoms with Crippen LogP contribution in [0.5, 0.6) is 0 Å². The van der Waals surface area contributed by atoms with Gasteiger partial charge in [0.1, 0.15) is 5.56 Å². The molecule has 0 spiro atoms. The van der Waals surface area contributed by atoms with Crippen LogP contribution in [-0.2, 0) is 28.4 Å². The zero-order valence-electron chi connectivity index (χ0n) is 18.6. The molecule has 0 unspecified atom stereocenters. The summed E-state index contributed by atoms with van der Waals surface area (Å²) >= 11 is 0. The van der Waals surface area contributed by atoms with Crippen molar-refractivity contribution >= 4 is 39.3 Å². The number of hydrogen-bond acceptors (Lipinski definition) is 8. The highest BCUT2D eigenvalue weighted by atomic mass is 32.2. The molecule has 35 heavy (non-hydrogen) atoms. The van der Waals surface area contributed by atoms with E-state index in [9.17, 15) is 18.0 Å². The van der Waals surface area contributed by atoms with Crippen LogP contribution in [-0.4, -0.2) is 36.0 Å². The first-order valence-corrected chi connectivity index (χ1v) is 12.0. The van der Waals surface area contributed by atoms with E-state index in [1.807, 2.05) is 12.1 Å². The molecule has 0 aliphatic heterocycles. The van der Waals surface area contributed by atoms with E-state index in [2.05, 4.69) is 26.8 Å². The Balaban J connectivity index is 1.64. The number of pyridine rings is 1.